The van der Waals surface area contributed by atoms with Gasteiger partial charge in [-0.25, -0.2) is 4.98 Å². The van der Waals surface area contributed by atoms with Crippen LogP contribution in [0.15, 0.2) is 65.8 Å². The highest BCUT2D eigenvalue weighted by Gasteiger charge is 2.23. The number of benzene rings is 3. The molecule has 1 aromatic heterocycles. The highest BCUT2D eigenvalue weighted by atomic mass is 79.9. The summed E-state index contributed by atoms with van der Waals surface area (Å²) >= 11 is 10.9. The fourth-order valence-corrected chi connectivity index (χ4v) is 6.60. The Balaban J connectivity index is 1.36. The van der Waals surface area contributed by atoms with Crippen LogP contribution in [-0.2, 0) is 6.61 Å². The maximum atomic E-state index is 13.7. The number of aromatic nitrogens is 2. The number of hydrogen-bond donors (Lipinski definition) is 0. The normalized spacial score (nSPS) is 15.0. The maximum absolute atomic E-state index is 13.7. The Bertz CT molecular complexity index is 1730. The number of halogens is 3. The standard InChI is InChI=1S/C31H28Br3N3O5/c1-2-39-26-13-20(27(33)28(34)29(26)40-16-18-8-11-24-25(12-18)42-17-41-24)15-35-37-30(19-6-4-3-5-7-19)36-23-10-9-21(32)14-22(23)31(37)38/h8-15,19H,2-7,16-17H2,1H3. The van der Waals surface area contributed by atoms with Gasteiger partial charge in [0.25, 0.3) is 5.56 Å². The van der Waals surface area contributed by atoms with Crippen molar-refractivity contribution in [1.82, 2.24) is 9.66 Å². The van der Waals surface area contributed by atoms with E-state index in [0.29, 0.717) is 51.7 Å². The van der Waals surface area contributed by atoms with Crippen molar-refractivity contribution in [2.24, 2.45) is 5.10 Å². The lowest BCUT2D eigenvalue weighted by atomic mass is 9.88. The van der Waals surface area contributed by atoms with E-state index in [1.807, 2.05) is 43.3 Å². The molecule has 2 heterocycles. The highest BCUT2D eigenvalue weighted by molar-refractivity contribution is 9.13. The van der Waals surface area contributed by atoms with E-state index in [1.165, 1.54) is 11.1 Å². The predicted molar refractivity (Wildman–Crippen MR) is 172 cm³/mol. The predicted octanol–water partition coefficient (Wildman–Crippen LogP) is 8.32. The van der Waals surface area contributed by atoms with Crippen LogP contribution in [-0.4, -0.2) is 29.3 Å². The van der Waals surface area contributed by atoms with Crippen LogP contribution in [0.25, 0.3) is 10.9 Å². The maximum Gasteiger partial charge on any atom is 0.282 e. The van der Waals surface area contributed by atoms with Crippen molar-refractivity contribution in [3.8, 4) is 23.0 Å². The van der Waals surface area contributed by atoms with Crippen LogP contribution >= 0.6 is 47.8 Å². The Labute approximate surface area is 268 Å². The molecule has 11 heteroatoms. The second kappa shape index (κ2) is 12.8. The van der Waals surface area contributed by atoms with E-state index in [1.54, 1.807) is 12.3 Å². The van der Waals surface area contributed by atoms with Crippen molar-refractivity contribution < 1.29 is 18.9 Å². The Morgan fingerprint density at radius 1 is 1.00 bits per heavy atom. The molecular weight excluding hydrogens is 734 g/mol. The van der Waals surface area contributed by atoms with Gasteiger partial charge in [-0.3, -0.25) is 4.79 Å². The molecule has 0 N–H and O–H groups in total. The first kappa shape index (κ1) is 29.2. The summed E-state index contributed by atoms with van der Waals surface area (Å²) in [7, 11) is 0. The van der Waals surface area contributed by atoms with Crippen LogP contribution in [0.3, 0.4) is 0 Å². The molecule has 1 fully saturated rings. The summed E-state index contributed by atoms with van der Waals surface area (Å²) in [5.74, 6) is 3.41. The quantitative estimate of drug-likeness (QED) is 0.168. The van der Waals surface area contributed by atoms with E-state index in [0.717, 1.165) is 51.5 Å². The van der Waals surface area contributed by atoms with E-state index in [2.05, 4.69) is 47.8 Å². The van der Waals surface area contributed by atoms with Crippen LogP contribution in [0.5, 0.6) is 23.0 Å². The largest absolute Gasteiger partial charge is 0.490 e. The molecule has 1 aliphatic carbocycles. The first-order valence-electron chi connectivity index (χ1n) is 13.9. The molecule has 4 aromatic rings. The van der Waals surface area contributed by atoms with E-state index < -0.39 is 0 Å². The third-order valence-corrected chi connectivity index (χ3v) is 10.0. The first-order valence-corrected chi connectivity index (χ1v) is 16.2. The topological polar surface area (TPSA) is 84.2 Å². The van der Waals surface area contributed by atoms with Gasteiger partial charge in [0.05, 0.1) is 28.2 Å². The third kappa shape index (κ3) is 5.96. The Kier molecular flexibility index (Phi) is 8.88. The summed E-state index contributed by atoms with van der Waals surface area (Å²) < 4.78 is 26.8. The zero-order valence-electron chi connectivity index (χ0n) is 22.9. The summed E-state index contributed by atoms with van der Waals surface area (Å²) in [5.41, 5.74) is 2.14. The minimum absolute atomic E-state index is 0.178. The van der Waals surface area contributed by atoms with Crippen LogP contribution in [0.4, 0.5) is 0 Å². The van der Waals surface area contributed by atoms with Crippen LogP contribution < -0.4 is 24.5 Å². The zero-order valence-corrected chi connectivity index (χ0v) is 27.6. The molecule has 0 spiro atoms. The van der Waals surface area contributed by atoms with Gasteiger partial charge in [-0.1, -0.05) is 41.3 Å². The van der Waals surface area contributed by atoms with Gasteiger partial charge in [-0.15, -0.1) is 0 Å². The molecule has 0 amide bonds. The van der Waals surface area contributed by atoms with Crippen molar-refractivity contribution in [2.75, 3.05) is 13.4 Å². The molecule has 8 nitrogen and oxygen atoms in total. The fraction of sp³-hybridized carbons (Fsp3) is 0.323. The lowest BCUT2D eigenvalue weighted by Crippen LogP contribution is -2.25. The second-order valence-corrected chi connectivity index (χ2v) is 12.7. The van der Waals surface area contributed by atoms with Crippen molar-refractivity contribution in [2.45, 2.75) is 51.6 Å². The minimum atomic E-state index is -0.193. The van der Waals surface area contributed by atoms with Crippen molar-refractivity contribution in [3.63, 3.8) is 0 Å². The number of rotatable bonds is 8. The van der Waals surface area contributed by atoms with Gasteiger partial charge in [-0.2, -0.15) is 9.78 Å². The van der Waals surface area contributed by atoms with Crippen LogP contribution in [0.1, 0.15) is 61.9 Å². The lowest BCUT2D eigenvalue weighted by molar-refractivity contribution is 0.174. The van der Waals surface area contributed by atoms with Gasteiger partial charge < -0.3 is 18.9 Å². The van der Waals surface area contributed by atoms with E-state index in [4.69, 9.17) is 29.0 Å². The van der Waals surface area contributed by atoms with Gasteiger partial charge in [0.1, 0.15) is 12.4 Å². The zero-order chi connectivity index (χ0) is 29.2. The molecule has 42 heavy (non-hydrogen) atoms. The molecule has 0 unspecified atom stereocenters. The Morgan fingerprint density at radius 2 is 1.81 bits per heavy atom. The van der Waals surface area contributed by atoms with Crippen molar-refractivity contribution in [3.05, 3.63) is 83.2 Å². The van der Waals surface area contributed by atoms with E-state index >= 15 is 0 Å². The number of ether oxygens (including phenoxy) is 4. The van der Waals surface area contributed by atoms with Gasteiger partial charge >= 0.3 is 0 Å². The van der Waals surface area contributed by atoms with Crippen molar-refractivity contribution in [1.29, 1.82) is 0 Å². The second-order valence-electron chi connectivity index (χ2n) is 10.2. The molecule has 1 aliphatic heterocycles. The average molecular weight is 762 g/mol. The van der Waals surface area contributed by atoms with E-state index in [-0.39, 0.29) is 18.3 Å². The van der Waals surface area contributed by atoms with Crippen molar-refractivity contribution >= 4 is 64.9 Å². The van der Waals surface area contributed by atoms with Gasteiger partial charge in [-0.05, 0) is 93.6 Å². The summed E-state index contributed by atoms with van der Waals surface area (Å²) in [4.78, 5) is 18.7. The minimum Gasteiger partial charge on any atom is -0.490 e. The molecule has 0 atom stereocenters. The summed E-state index contributed by atoms with van der Waals surface area (Å²) in [5, 5.41) is 5.24. The molecule has 2 aliphatic rings. The average Bonchev–Trinajstić information content (AvgIpc) is 3.47. The first-order chi connectivity index (χ1) is 20.4. The fourth-order valence-electron chi connectivity index (χ4n) is 5.30. The molecular formula is C31H28Br3N3O5. The molecule has 3 aromatic carbocycles. The summed E-state index contributed by atoms with van der Waals surface area (Å²) in [6.45, 7) is 2.88. The van der Waals surface area contributed by atoms with E-state index in [9.17, 15) is 4.79 Å². The monoisotopic (exact) mass is 759 g/mol. The summed E-state index contributed by atoms with van der Waals surface area (Å²) in [6.07, 6.45) is 7.08. The van der Waals surface area contributed by atoms with Gasteiger partial charge in [0.2, 0.25) is 6.79 Å². The van der Waals surface area contributed by atoms with Gasteiger partial charge in [0, 0.05) is 20.4 Å². The third-order valence-electron chi connectivity index (χ3n) is 7.39. The van der Waals surface area contributed by atoms with Gasteiger partial charge in [0.15, 0.2) is 23.0 Å². The number of nitrogens with zero attached hydrogens (tertiary/aromatic N) is 3. The number of fused-ring (bicyclic) bond motifs is 2. The van der Waals surface area contributed by atoms with Crippen LogP contribution in [0.2, 0.25) is 0 Å². The highest BCUT2D eigenvalue weighted by Crippen LogP contribution is 2.43. The Morgan fingerprint density at radius 3 is 2.62 bits per heavy atom. The van der Waals surface area contributed by atoms with Crippen LogP contribution in [0, 0.1) is 0 Å². The number of hydrogen-bond acceptors (Lipinski definition) is 7. The molecule has 1 saturated carbocycles. The summed E-state index contributed by atoms with van der Waals surface area (Å²) in [6, 6.07) is 13.2. The lowest BCUT2D eigenvalue weighted by Gasteiger charge is -2.23. The SMILES string of the molecule is CCOc1cc(C=Nn2c(C3CCCCC3)nc3ccc(Br)cc3c2=O)c(Br)c(Br)c1OCc1ccc2c(c1)OCO2. The smallest absolute Gasteiger partial charge is 0.282 e. The Hall–Kier alpha value is -2.89. The molecule has 6 rings (SSSR count). The molecule has 0 saturated heterocycles. The molecule has 218 valence electrons. The molecule has 0 bridgehead atoms. The molecule has 0 radical (unpaired) electrons.